The smallest absolute Gasteiger partial charge is 0.240 e. The predicted octanol–water partition coefficient (Wildman–Crippen LogP) is 2.31. The Kier molecular flexibility index (Phi) is 7.55. The average Bonchev–Trinajstić information content (AvgIpc) is 2.48. The molecule has 0 bridgehead atoms. The molecule has 0 radical (unpaired) electrons. The molecule has 1 aromatic rings. The van der Waals surface area contributed by atoms with Crippen LogP contribution < -0.4 is 4.72 Å². The number of rotatable bonds is 9. The third-order valence-corrected chi connectivity index (χ3v) is 4.96. The normalized spacial score (nSPS) is 11.4. The van der Waals surface area contributed by atoms with Gasteiger partial charge in [0.2, 0.25) is 15.9 Å². The van der Waals surface area contributed by atoms with E-state index in [0.29, 0.717) is 6.54 Å². The SMILES string of the molecule is CCCCN(CC)C(=O)CCNS(=O)(=O)c1ccc(C)cc1. The lowest BCUT2D eigenvalue weighted by molar-refractivity contribution is -0.130. The predicted molar refractivity (Wildman–Crippen MR) is 88.1 cm³/mol. The molecule has 0 saturated carbocycles. The Morgan fingerprint density at radius 1 is 1.18 bits per heavy atom. The summed E-state index contributed by atoms with van der Waals surface area (Å²) in [6.07, 6.45) is 2.18. The number of hydrogen-bond donors (Lipinski definition) is 1. The number of nitrogens with one attached hydrogen (secondary N) is 1. The molecule has 0 aliphatic heterocycles. The first kappa shape index (κ1) is 18.6. The van der Waals surface area contributed by atoms with Crippen molar-refractivity contribution in [3.63, 3.8) is 0 Å². The van der Waals surface area contributed by atoms with Gasteiger partial charge in [0.05, 0.1) is 4.90 Å². The Bertz CT molecular complexity index is 568. The zero-order chi connectivity index (χ0) is 16.6. The third-order valence-electron chi connectivity index (χ3n) is 3.48. The summed E-state index contributed by atoms with van der Waals surface area (Å²) < 4.78 is 26.7. The lowest BCUT2D eigenvalue weighted by Gasteiger charge is -2.20. The highest BCUT2D eigenvalue weighted by Gasteiger charge is 2.15. The summed E-state index contributed by atoms with van der Waals surface area (Å²) in [5.74, 6) is -0.0115. The van der Waals surface area contributed by atoms with E-state index in [9.17, 15) is 13.2 Å². The Balaban J connectivity index is 2.51. The maximum absolute atomic E-state index is 12.1. The van der Waals surface area contributed by atoms with Gasteiger partial charge in [0.1, 0.15) is 0 Å². The number of hydrogen-bond acceptors (Lipinski definition) is 3. The van der Waals surface area contributed by atoms with E-state index < -0.39 is 10.0 Å². The minimum absolute atomic E-state index is 0.0115. The van der Waals surface area contributed by atoms with Gasteiger partial charge >= 0.3 is 0 Å². The van der Waals surface area contributed by atoms with Crippen molar-refractivity contribution in [1.29, 1.82) is 0 Å². The van der Waals surface area contributed by atoms with Crippen LogP contribution in [-0.2, 0) is 14.8 Å². The van der Waals surface area contributed by atoms with Crippen LogP contribution in [0.5, 0.6) is 0 Å². The molecule has 1 amide bonds. The fourth-order valence-corrected chi connectivity index (χ4v) is 3.09. The summed E-state index contributed by atoms with van der Waals surface area (Å²) in [5.41, 5.74) is 1.00. The molecule has 1 N–H and O–H groups in total. The van der Waals surface area contributed by atoms with Crippen LogP contribution in [-0.4, -0.2) is 38.9 Å². The van der Waals surface area contributed by atoms with Crippen LogP contribution in [0.1, 0.15) is 38.7 Å². The lowest BCUT2D eigenvalue weighted by Crippen LogP contribution is -2.35. The van der Waals surface area contributed by atoms with Gasteiger partial charge in [0, 0.05) is 26.1 Å². The van der Waals surface area contributed by atoms with Crippen LogP contribution in [0.4, 0.5) is 0 Å². The van der Waals surface area contributed by atoms with E-state index in [1.54, 1.807) is 29.2 Å². The number of sulfonamides is 1. The van der Waals surface area contributed by atoms with E-state index in [2.05, 4.69) is 11.6 Å². The van der Waals surface area contributed by atoms with Gasteiger partial charge in [-0.2, -0.15) is 0 Å². The monoisotopic (exact) mass is 326 g/mol. The van der Waals surface area contributed by atoms with Crippen LogP contribution in [0.3, 0.4) is 0 Å². The highest BCUT2D eigenvalue weighted by atomic mass is 32.2. The summed E-state index contributed by atoms with van der Waals surface area (Å²) in [7, 11) is -3.54. The number of unbranched alkanes of at least 4 members (excludes halogenated alkanes) is 1. The van der Waals surface area contributed by atoms with Gasteiger partial charge < -0.3 is 4.90 Å². The molecule has 124 valence electrons. The second-order valence-electron chi connectivity index (χ2n) is 5.29. The summed E-state index contributed by atoms with van der Waals surface area (Å²) >= 11 is 0. The van der Waals surface area contributed by atoms with Crippen LogP contribution in [0.25, 0.3) is 0 Å². The Labute approximate surface area is 133 Å². The highest BCUT2D eigenvalue weighted by Crippen LogP contribution is 2.09. The fraction of sp³-hybridized carbons (Fsp3) is 0.562. The summed E-state index contributed by atoms with van der Waals surface area (Å²) in [5, 5.41) is 0. The molecule has 0 fully saturated rings. The van der Waals surface area contributed by atoms with Crippen LogP contribution in [0.15, 0.2) is 29.2 Å². The van der Waals surface area contributed by atoms with Crippen molar-refractivity contribution >= 4 is 15.9 Å². The Morgan fingerprint density at radius 3 is 2.36 bits per heavy atom. The number of benzene rings is 1. The van der Waals surface area contributed by atoms with E-state index >= 15 is 0 Å². The quantitative estimate of drug-likeness (QED) is 0.757. The first-order valence-electron chi connectivity index (χ1n) is 7.74. The summed E-state index contributed by atoms with van der Waals surface area (Å²) in [4.78, 5) is 14.0. The van der Waals surface area contributed by atoms with Gasteiger partial charge in [-0.25, -0.2) is 13.1 Å². The minimum atomic E-state index is -3.54. The van der Waals surface area contributed by atoms with Crippen molar-refractivity contribution in [3.8, 4) is 0 Å². The molecule has 0 aliphatic rings. The molecular formula is C16H26N2O3S. The molecule has 22 heavy (non-hydrogen) atoms. The zero-order valence-electron chi connectivity index (χ0n) is 13.6. The van der Waals surface area contributed by atoms with E-state index in [-0.39, 0.29) is 23.8 Å². The number of carbonyl (C=O) groups is 1. The maximum atomic E-state index is 12.1. The van der Waals surface area contributed by atoms with Crippen LogP contribution in [0.2, 0.25) is 0 Å². The van der Waals surface area contributed by atoms with Crippen molar-refractivity contribution < 1.29 is 13.2 Å². The first-order chi connectivity index (χ1) is 10.4. The van der Waals surface area contributed by atoms with Crippen molar-refractivity contribution in [2.45, 2.75) is 44.9 Å². The molecule has 5 nitrogen and oxygen atoms in total. The minimum Gasteiger partial charge on any atom is -0.343 e. The van der Waals surface area contributed by atoms with Gasteiger partial charge in [-0.05, 0) is 32.4 Å². The number of nitrogens with zero attached hydrogens (tertiary/aromatic N) is 1. The van der Waals surface area contributed by atoms with Crippen molar-refractivity contribution in [2.75, 3.05) is 19.6 Å². The number of carbonyl (C=O) groups excluding carboxylic acids is 1. The molecule has 1 aromatic carbocycles. The summed E-state index contributed by atoms with van der Waals surface area (Å²) in [6.45, 7) is 7.42. The standard InChI is InChI=1S/C16H26N2O3S/c1-4-6-13-18(5-2)16(19)11-12-17-22(20,21)15-9-7-14(3)8-10-15/h7-10,17H,4-6,11-13H2,1-3H3. The molecule has 0 atom stereocenters. The fourth-order valence-electron chi connectivity index (χ4n) is 2.06. The van der Waals surface area contributed by atoms with E-state index in [1.807, 2.05) is 13.8 Å². The molecule has 0 aromatic heterocycles. The molecular weight excluding hydrogens is 300 g/mol. The average molecular weight is 326 g/mol. The zero-order valence-corrected chi connectivity index (χ0v) is 14.4. The largest absolute Gasteiger partial charge is 0.343 e. The highest BCUT2D eigenvalue weighted by molar-refractivity contribution is 7.89. The summed E-state index contributed by atoms with van der Waals surface area (Å²) in [6, 6.07) is 6.64. The van der Waals surface area contributed by atoms with E-state index in [0.717, 1.165) is 24.9 Å². The van der Waals surface area contributed by atoms with E-state index in [4.69, 9.17) is 0 Å². The molecule has 0 heterocycles. The van der Waals surface area contributed by atoms with Crippen LogP contribution in [0, 0.1) is 6.92 Å². The van der Waals surface area contributed by atoms with Crippen LogP contribution >= 0.6 is 0 Å². The van der Waals surface area contributed by atoms with Gasteiger partial charge in [-0.3, -0.25) is 4.79 Å². The van der Waals surface area contributed by atoms with Gasteiger partial charge in [-0.1, -0.05) is 31.0 Å². The van der Waals surface area contributed by atoms with Crippen molar-refractivity contribution in [3.05, 3.63) is 29.8 Å². The first-order valence-corrected chi connectivity index (χ1v) is 9.23. The lowest BCUT2D eigenvalue weighted by atomic mass is 10.2. The Morgan fingerprint density at radius 2 is 1.82 bits per heavy atom. The van der Waals surface area contributed by atoms with Gasteiger partial charge in [0.15, 0.2) is 0 Å². The molecule has 0 aliphatic carbocycles. The Hall–Kier alpha value is -1.40. The van der Waals surface area contributed by atoms with E-state index in [1.165, 1.54) is 0 Å². The second kappa shape index (κ2) is 8.90. The topological polar surface area (TPSA) is 66.5 Å². The maximum Gasteiger partial charge on any atom is 0.240 e. The molecule has 1 rings (SSSR count). The van der Waals surface area contributed by atoms with Crippen molar-refractivity contribution in [2.24, 2.45) is 0 Å². The third kappa shape index (κ3) is 5.77. The molecule has 0 saturated heterocycles. The van der Waals surface area contributed by atoms with Gasteiger partial charge in [-0.15, -0.1) is 0 Å². The second-order valence-corrected chi connectivity index (χ2v) is 7.05. The number of aryl methyl sites for hydroxylation is 1. The molecule has 0 unspecified atom stereocenters. The number of amides is 1. The molecule has 6 heteroatoms. The van der Waals surface area contributed by atoms with Gasteiger partial charge in [0.25, 0.3) is 0 Å². The van der Waals surface area contributed by atoms with Crippen molar-refractivity contribution in [1.82, 2.24) is 9.62 Å². The molecule has 0 spiro atoms.